The summed E-state index contributed by atoms with van der Waals surface area (Å²) in [5.41, 5.74) is 0.0335. The monoisotopic (exact) mass is 398 g/mol. The fourth-order valence-electron chi connectivity index (χ4n) is 2.81. The first-order valence-electron chi connectivity index (χ1n) is 8.22. The van der Waals surface area contributed by atoms with Crippen LogP contribution in [-0.2, 0) is 0 Å². The van der Waals surface area contributed by atoms with Gasteiger partial charge in [-0.05, 0) is 49.4 Å². The van der Waals surface area contributed by atoms with Crippen LogP contribution in [0.4, 0.5) is 0 Å². The first-order valence-corrected chi connectivity index (χ1v) is 10.2. The molecule has 2 nitrogen and oxygen atoms in total. The van der Waals surface area contributed by atoms with Gasteiger partial charge in [-0.25, -0.2) is 0 Å². The quantitative estimate of drug-likeness (QED) is 0.361. The minimum atomic E-state index is 0.0335. The summed E-state index contributed by atoms with van der Waals surface area (Å²) >= 11 is 9.82. The van der Waals surface area contributed by atoms with Gasteiger partial charge in [-0.2, -0.15) is 0 Å². The third-order valence-electron chi connectivity index (χ3n) is 3.99. The molecule has 4 aromatic rings. The van der Waals surface area contributed by atoms with E-state index in [-0.39, 0.29) is 5.43 Å². The van der Waals surface area contributed by atoms with E-state index in [0.717, 1.165) is 30.3 Å². The number of hydrogen-bond acceptors (Lipinski definition) is 4. The molecule has 4 rings (SSSR count). The third-order valence-corrected chi connectivity index (χ3v) is 6.86. The van der Waals surface area contributed by atoms with Crippen LogP contribution < -0.4 is 10.2 Å². The van der Waals surface area contributed by atoms with Gasteiger partial charge in [0.2, 0.25) is 0 Å². The first-order chi connectivity index (χ1) is 12.7. The van der Waals surface area contributed by atoms with Crippen LogP contribution in [-0.4, -0.2) is 6.61 Å². The van der Waals surface area contributed by atoms with Crippen LogP contribution >= 0.6 is 34.7 Å². The van der Waals surface area contributed by atoms with Crippen LogP contribution in [0.25, 0.3) is 20.2 Å². The fraction of sp³-hybridized carbons (Fsp3) is 0.0952. The van der Waals surface area contributed by atoms with E-state index in [1.165, 1.54) is 0 Å². The highest BCUT2D eigenvalue weighted by Gasteiger charge is 2.13. The average Bonchev–Trinajstić information content (AvgIpc) is 2.65. The minimum absolute atomic E-state index is 0.0335. The molecule has 0 aliphatic heterocycles. The highest BCUT2D eigenvalue weighted by Crippen LogP contribution is 2.40. The van der Waals surface area contributed by atoms with Gasteiger partial charge in [0, 0.05) is 25.3 Å². The molecule has 0 aliphatic carbocycles. The molecule has 0 aliphatic rings. The van der Waals surface area contributed by atoms with Crippen molar-refractivity contribution in [3.8, 4) is 5.75 Å². The maximum absolute atomic E-state index is 12.8. The van der Waals surface area contributed by atoms with Gasteiger partial charge in [0.05, 0.1) is 16.3 Å². The Kier molecular flexibility index (Phi) is 4.90. The van der Waals surface area contributed by atoms with Gasteiger partial charge in [0.1, 0.15) is 5.75 Å². The predicted octanol–water partition coefficient (Wildman–Crippen LogP) is 6.62. The molecule has 0 fully saturated rings. The lowest BCUT2D eigenvalue weighted by atomic mass is 10.2. The summed E-state index contributed by atoms with van der Waals surface area (Å²) in [6, 6.07) is 19.4. The lowest BCUT2D eigenvalue weighted by Gasteiger charge is -2.09. The Morgan fingerprint density at radius 3 is 2.73 bits per heavy atom. The summed E-state index contributed by atoms with van der Waals surface area (Å²) < 4.78 is 7.35. The lowest BCUT2D eigenvalue weighted by molar-refractivity contribution is 0.339. The van der Waals surface area contributed by atoms with Crippen molar-refractivity contribution in [2.75, 3.05) is 6.61 Å². The zero-order valence-electron chi connectivity index (χ0n) is 14.0. The summed E-state index contributed by atoms with van der Waals surface area (Å²) in [5.74, 6) is 0.838. The van der Waals surface area contributed by atoms with Crippen molar-refractivity contribution in [2.45, 2.75) is 16.7 Å². The largest absolute Gasteiger partial charge is 0.494 e. The van der Waals surface area contributed by atoms with E-state index in [4.69, 9.17) is 16.3 Å². The molecule has 0 bridgehead atoms. The highest BCUT2D eigenvalue weighted by atomic mass is 35.5. The van der Waals surface area contributed by atoms with E-state index in [9.17, 15) is 4.79 Å². The Bertz CT molecular complexity index is 1170. The minimum Gasteiger partial charge on any atom is -0.494 e. The van der Waals surface area contributed by atoms with Gasteiger partial charge >= 0.3 is 0 Å². The van der Waals surface area contributed by atoms with E-state index in [0.29, 0.717) is 17.0 Å². The second-order valence-corrected chi connectivity index (χ2v) is 8.24. The van der Waals surface area contributed by atoms with E-state index in [1.807, 2.05) is 67.6 Å². The van der Waals surface area contributed by atoms with Crippen molar-refractivity contribution in [1.29, 1.82) is 0 Å². The van der Waals surface area contributed by atoms with Crippen molar-refractivity contribution in [2.24, 2.45) is 0 Å². The molecule has 0 N–H and O–H groups in total. The maximum Gasteiger partial charge on any atom is 0.195 e. The smallest absolute Gasteiger partial charge is 0.195 e. The summed E-state index contributed by atoms with van der Waals surface area (Å²) in [4.78, 5) is 14.7. The number of fused-ring (bicyclic) bond motifs is 2. The molecule has 1 heterocycles. The molecule has 130 valence electrons. The molecular formula is C21H15ClO2S2. The Hall–Kier alpha value is -2.01. The molecule has 0 amide bonds. The van der Waals surface area contributed by atoms with E-state index < -0.39 is 0 Å². The average molecular weight is 399 g/mol. The van der Waals surface area contributed by atoms with Crippen molar-refractivity contribution < 1.29 is 4.74 Å². The Balaban J connectivity index is 1.82. The van der Waals surface area contributed by atoms with Crippen LogP contribution in [0.2, 0.25) is 5.02 Å². The molecule has 26 heavy (non-hydrogen) atoms. The third kappa shape index (κ3) is 3.20. The standard InChI is InChI=1S/C21H15ClO2S2/c1-2-24-13-6-5-7-14(12-13)25-18-11-10-16-20(23)15-8-3-4-9-17(15)26-21(16)19(18)22/h3-12H,2H2,1H3. The van der Waals surface area contributed by atoms with Gasteiger partial charge < -0.3 is 4.74 Å². The van der Waals surface area contributed by atoms with Gasteiger partial charge in [-0.15, -0.1) is 11.3 Å². The van der Waals surface area contributed by atoms with Crippen molar-refractivity contribution in [3.63, 3.8) is 0 Å². The number of ether oxygens (including phenoxy) is 1. The number of hydrogen-bond donors (Lipinski definition) is 0. The van der Waals surface area contributed by atoms with Gasteiger partial charge in [-0.1, -0.05) is 41.6 Å². The summed E-state index contributed by atoms with van der Waals surface area (Å²) in [7, 11) is 0. The zero-order valence-corrected chi connectivity index (χ0v) is 16.4. The van der Waals surface area contributed by atoms with Gasteiger partial charge in [0.15, 0.2) is 5.43 Å². The maximum atomic E-state index is 12.8. The summed E-state index contributed by atoms with van der Waals surface area (Å²) in [5, 5.41) is 2.04. The molecule has 3 aromatic carbocycles. The van der Waals surface area contributed by atoms with Crippen LogP contribution in [0.3, 0.4) is 0 Å². The zero-order chi connectivity index (χ0) is 18.1. The molecule has 0 atom stereocenters. The van der Waals surface area contributed by atoms with Crippen molar-refractivity contribution in [1.82, 2.24) is 0 Å². The van der Waals surface area contributed by atoms with Crippen molar-refractivity contribution in [3.05, 3.63) is 75.9 Å². The number of benzene rings is 3. The lowest BCUT2D eigenvalue weighted by Crippen LogP contribution is -2.01. The highest BCUT2D eigenvalue weighted by molar-refractivity contribution is 7.99. The second kappa shape index (κ2) is 7.31. The normalized spacial score (nSPS) is 11.2. The van der Waals surface area contributed by atoms with Crippen LogP contribution in [0, 0.1) is 0 Å². The van der Waals surface area contributed by atoms with Gasteiger partial charge in [-0.3, -0.25) is 4.79 Å². The fourth-order valence-corrected chi connectivity index (χ4v) is 5.29. The van der Waals surface area contributed by atoms with Crippen LogP contribution in [0.15, 0.2) is 75.2 Å². The molecule has 0 spiro atoms. The molecule has 0 saturated heterocycles. The molecule has 0 radical (unpaired) electrons. The first kappa shape index (κ1) is 17.4. The van der Waals surface area contributed by atoms with Crippen molar-refractivity contribution >= 4 is 54.9 Å². The van der Waals surface area contributed by atoms with Gasteiger partial charge in [0.25, 0.3) is 0 Å². The summed E-state index contributed by atoms with van der Waals surface area (Å²) in [6.07, 6.45) is 0. The number of halogens is 1. The van der Waals surface area contributed by atoms with Crippen LogP contribution in [0.1, 0.15) is 6.92 Å². The molecule has 5 heteroatoms. The Morgan fingerprint density at radius 2 is 1.88 bits per heavy atom. The van der Waals surface area contributed by atoms with E-state index in [2.05, 4.69) is 0 Å². The Labute approximate surface area is 164 Å². The SMILES string of the molecule is CCOc1cccc(Sc2ccc3c(=O)c4ccccc4sc3c2Cl)c1. The Morgan fingerprint density at radius 1 is 1.04 bits per heavy atom. The predicted molar refractivity (Wildman–Crippen MR) is 112 cm³/mol. The second-order valence-electron chi connectivity index (χ2n) is 5.69. The van der Waals surface area contributed by atoms with E-state index in [1.54, 1.807) is 23.1 Å². The molecule has 1 aromatic heterocycles. The number of rotatable bonds is 4. The van der Waals surface area contributed by atoms with E-state index >= 15 is 0 Å². The molecule has 0 saturated carbocycles. The molecular weight excluding hydrogens is 384 g/mol. The molecule has 0 unspecified atom stereocenters. The summed E-state index contributed by atoms with van der Waals surface area (Å²) in [6.45, 7) is 2.60. The topological polar surface area (TPSA) is 26.3 Å². The van der Waals surface area contributed by atoms with Crippen LogP contribution in [0.5, 0.6) is 5.75 Å².